The number of benzene rings is 2. The summed E-state index contributed by atoms with van der Waals surface area (Å²) in [5.41, 5.74) is 7.72. The van der Waals surface area contributed by atoms with Gasteiger partial charge in [-0.3, -0.25) is 0 Å². The SMILES string of the molecule is CCCN(CCOc1cccc(Br)c1)c1ccc(N)cc1. The molecule has 0 fully saturated rings. The molecule has 0 atom stereocenters. The number of hydrogen-bond acceptors (Lipinski definition) is 3. The molecule has 0 heterocycles. The first-order valence-corrected chi connectivity index (χ1v) is 7.97. The van der Waals surface area contributed by atoms with Gasteiger partial charge in [0.15, 0.2) is 0 Å². The zero-order chi connectivity index (χ0) is 15.1. The Kier molecular flexibility index (Phi) is 5.93. The lowest BCUT2D eigenvalue weighted by Gasteiger charge is -2.24. The fraction of sp³-hybridized carbons (Fsp3) is 0.294. The van der Waals surface area contributed by atoms with Crippen LogP contribution in [-0.2, 0) is 0 Å². The van der Waals surface area contributed by atoms with E-state index in [2.05, 4.69) is 39.9 Å². The first kappa shape index (κ1) is 15.7. The van der Waals surface area contributed by atoms with Crippen LogP contribution < -0.4 is 15.4 Å². The van der Waals surface area contributed by atoms with Crippen molar-refractivity contribution in [2.24, 2.45) is 0 Å². The van der Waals surface area contributed by atoms with Crippen molar-refractivity contribution in [1.29, 1.82) is 0 Å². The highest BCUT2D eigenvalue weighted by atomic mass is 79.9. The summed E-state index contributed by atoms with van der Waals surface area (Å²) in [5.74, 6) is 0.887. The normalized spacial score (nSPS) is 10.4. The first-order valence-electron chi connectivity index (χ1n) is 7.18. The zero-order valence-corrected chi connectivity index (χ0v) is 13.8. The maximum atomic E-state index is 5.81. The standard InChI is InChI=1S/C17H21BrN2O/c1-2-10-20(16-8-6-15(19)7-9-16)11-12-21-17-5-3-4-14(18)13-17/h3-9,13H,2,10-12,19H2,1H3. The first-order chi connectivity index (χ1) is 10.2. The molecular weight excluding hydrogens is 328 g/mol. The van der Waals surface area contributed by atoms with E-state index < -0.39 is 0 Å². The molecule has 0 aromatic heterocycles. The highest BCUT2D eigenvalue weighted by Gasteiger charge is 2.05. The Balaban J connectivity index is 1.92. The molecule has 2 aromatic rings. The van der Waals surface area contributed by atoms with Crippen LogP contribution in [0.4, 0.5) is 11.4 Å². The molecule has 0 amide bonds. The molecule has 0 aliphatic heterocycles. The van der Waals surface area contributed by atoms with Crippen molar-refractivity contribution in [2.75, 3.05) is 30.3 Å². The summed E-state index contributed by atoms with van der Waals surface area (Å²) in [4.78, 5) is 2.32. The van der Waals surface area contributed by atoms with E-state index in [9.17, 15) is 0 Å². The monoisotopic (exact) mass is 348 g/mol. The average molecular weight is 349 g/mol. The zero-order valence-electron chi connectivity index (χ0n) is 12.3. The number of ether oxygens (including phenoxy) is 1. The number of nitrogen functional groups attached to an aromatic ring is 1. The molecule has 0 saturated carbocycles. The second-order valence-electron chi connectivity index (χ2n) is 4.88. The second kappa shape index (κ2) is 7.93. The highest BCUT2D eigenvalue weighted by molar-refractivity contribution is 9.10. The second-order valence-corrected chi connectivity index (χ2v) is 5.80. The molecule has 2 rings (SSSR count). The Morgan fingerprint density at radius 2 is 1.86 bits per heavy atom. The molecule has 0 saturated heterocycles. The molecule has 3 nitrogen and oxygen atoms in total. The van der Waals surface area contributed by atoms with E-state index in [1.807, 2.05) is 36.4 Å². The van der Waals surface area contributed by atoms with Crippen molar-refractivity contribution in [3.63, 3.8) is 0 Å². The van der Waals surface area contributed by atoms with Crippen LogP contribution in [-0.4, -0.2) is 19.7 Å². The fourth-order valence-electron chi connectivity index (χ4n) is 2.16. The number of hydrogen-bond donors (Lipinski definition) is 1. The fourth-order valence-corrected chi connectivity index (χ4v) is 2.53. The van der Waals surface area contributed by atoms with E-state index in [1.165, 1.54) is 5.69 Å². The van der Waals surface area contributed by atoms with Gasteiger partial charge in [0.1, 0.15) is 12.4 Å². The molecule has 0 unspecified atom stereocenters. The summed E-state index contributed by atoms with van der Waals surface area (Å²) < 4.78 is 6.84. The van der Waals surface area contributed by atoms with Gasteiger partial charge in [0.25, 0.3) is 0 Å². The van der Waals surface area contributed by atoms with Crippen LogP contribution in [0.5, 0.6) is 5.75 Å². The third kappa shape index (κ3) is 4.97. The van der Waals surface area contributed by atoms with Gasteiger partial charge in [-0.25, -0.2) is 0 Å². The minimum Gasteiger partial charge on any atom is -0.492 e. The highest BCUT2D eigenvalue weighted by Crippen LogP contribution is 2.19. The molecule has 2 aromatic carbocycles. The Hall–Kier alpha value is -1.68. The quantitative estimate of drug-likeness (QED) is 0.757. The summed E-state index contributed by atoms with van der Waals surface area (Å²) >= 11 is 3.45. The minimum atomic E-state index is 0.654. The maximum absolute atomic E-state index is 5.81. The topological polar surface area (TPSA) is 38.5 Å². The van der Waals surface area contributed by atoms with Crippen LogP contribution in [0.25, 0.3) is 0 Å². The lowest BCUT2D eigenvalue weighted by Crippen LogP contribution is -2.29. The van der Waals surface area contributed by atoms with E-state index >= 15 is 0 Å². The van der Waals surface area contributed by atoms with Crippen molar-refractivity contribution in [3.05, 3.63) is 53.0 Å². The summed E-state index contributed by atoms with van der Waals surface area (Å²) in [6.45, 7) is 4.69. The Morgan fingerprint density at radius 3 is 2.52 bits per heavy atom. The minimum absolute atomic E-state index is 0.654. The van der Waals surface area contributed by atoms with Crippen molar-refractivity contribution in [1.82, 2.24) is 0 Å². The van der Waals surface area contributed by atoms with Crippen LogP contribution in [0.2, 0.25) is 0 Å². The molecule has 0 aliphatic rings. The predicted octanol–water partition coefficient (Wildman–Crippen LogP) is 4.33. The van der Waals surface area contributed by atoms with E-state index in [0.29, 0.717) is 6.61 Å². The van der Waals surface area contributed by atoms with Crippen LogP contribution in [0.1, 0.15) is 13.3 Å². The lowest BCUT2D eigenvalue weighted by atomic mass is 10.2. The third-order valence-electron chi connectivity index (χ3n) is 3.18. The van der Waals surface area contributed by atoms with Gasteiger partial charge in [-0.05, 0) is 48.9 Å². The smallest absolute Gasteiger partial charge is 0.120 e. The van der Waals surface area contributed by atoms with Gasteiger partial charge in [-0.15, -0.1) is 0 Å². The number of halogens is 1. The summed E-state index contributed by atoms with van der Waals surface area (Å²) in [6, 6.07) is 15.9. The van der Waals surface area contributed by atoms with Crippen LogP contribution in [0.15, 0.2) is 53.0 Å². The number of nitrogens with zero attached hydrogens (tertiary/aromatic N) is 1. The van der Waals surface area contributed by atoms with Gasteiger partial charge in [-0.2, -0.15) is 0 Å². The maximum Gasteiger partial charge on any atom is 0.120 e. The van der Waals surface area contributed by atoms with Crippen molar-refractivity contribution in [3.8, 4) is 5.75 Å². The summed E-state index contributed by atoms with van der Waals surface area (Å²) in [6.07, 6.45) is 1.10. The van der Waals surface area contributed by atoms with Crippen LogP contribution in [0.3, 0.4) is 0 Å². The number of anilines is 2. The molecule has 21 heavy (non-hydrogen) atoms. The molecule has 0 bridgehead atoms. The average Bonchev–Trinajstić information content (AvgIpc) is 2.47. The van der Waals surface area contributed by atoms with Gasteiger partial charge in [0, 0.05) is 22.4 Å². The molecular formula is C17H21BrN2O. The summed E-state index contributed by atoms with van der Waals surface area (Å²) in [5, 5.41) is 0. The predicted molar refractivity (Wildman–Crippen MR) is 93.0 cm³/mol. The van der Waals surface area contributed by atoms with Crippen LogP contribution >= 0.6 is 15.9 Å². The Bertz CT molecular complexity index is 557. The van der Waals surface area contributed by atoms with Gasteiger partial charge in [-0.1, -0.05) is 28.9 Å². The summed E-state index contributed by atoms with van der Waals surface area (Å²) in [7, 11) is 0. The van der Waals surface area contributed by atoms with Gasteiger partial charge >= 0.3 is 0 Å². The number of rotatable bonds is 7. The number of nitrogens with two attached hydrogens (primary N) is 1. The molecule has 0 aliphatic carbocycles. The lowest BCUT2D eigenvalue weighted by molar-refractivity contribution is 0.323. The van der Waals surface area contributed by atoms with Crippen molar-refractivity contribution < 1.29 is 4.74 Å². The van der Waals surface area contributed by atoms with Crippen molar-refractivity contribution >= 4 is 27.3 Å². The largest absolute Gasteiger partial charge is 0.492 e. The van der Waals surface area contributed by atoms with Gasteiger partial charge in [0.05, 0.1) is 6.54 Å². The van der Waals surface area contributed by atoms with E-state index in [-0.39, 0.29) is 0 Å². The third-order valence-corrected chi connectivity index (χ3v) is 3.67. The van der Waals surface area contributed by atoms with Crippen LogP contribution in [0, 0.1) is 0 Å². The van der Waals surface area contributed by atoms with E-state index in [0.717, 1.165) is 35.4 Å². The van der Waals surface area contributed by atoms with Gasteiger partial charge < -0.3 is 15.4 Å². The Morgan fingerprint density at radius 1 is 1.10 bits per heavy atom. The molecule has 2 N–H and O–H groups in total. The molecule has 4 heteroatoms. The molecule has 112 valence electrons. The Labute approximate surface area is 134 Å². The van der Waals surface area contributed by atoms with Gasteiger partial charge in [0.2, 0.25) is 0 Å². The van der Waals surface area contributed by atoms with E-state index in [4.69, 9.17) is 10.5 Å². The molecule has 0 spiro atoms. The molecule has 0 radical (unpaired) electrons. The van der Waals surface area contributed by atoms with Crippen molar-refractivity contribution in [2.45, 2.75) is 13.3 Å². The van der Waals surface area contributed by atoms with E-state index in [1.54, 1.807) is 0 Å².